The van der Waals surface area contributed by atoms with Gasteiger partial charge in [-0.3, -0.25) is 4.79 Å². The lowest BCUT2D eigenvalue weighted by atomic mass is 10.2. The van der Waals surface area contributed by atoms with Gasteiger partial charge in [0.15, 0.2) is 6.29 Å². The van der Waals surface area contributed by atoms with E-state index < -0.39 is 0 Å². The van der Waals surface area contributed by atoms with Crippen LogP contribution in [0.25, 0.3) is 11.4 Å². The van der Waals surface area contributed by atoms with Gasteiger partial charge in [0.05, 0.1) is 12.7 Å². The third kappa shape index (κ3) is 1.69. The number of methoxy groups -OCH3 is 1. The second-order valence-corrected chi connectivity index (χ2v) is 3.41. The zero-order valence-corrected chi connectivity index (χ0v) is 9.15. The van der Waals surface area contributed by atoms with Gasteiger partial charge >= 0.3 is 0 Å². The maximum absolute atomic E-state index is 10.7. The number of hydrogen-bond donors (Lipinski definition) is 1. The molecule has 0 amide bonds. The van der Waals surface area contributed by atoms with E-state index in [4.69, 9.17) is 4.74 Å². The van der Waals surface area contributed by atoms with Gasteiger partial charge in [-0.15, -0.1) is 0 Å². The average molecular weight is 216 g/mol. The van der Waals surface area contributed by atoms with Gasteiger partial charge in [-0.1, -0.05) is 12.1 Å². The molecule has 0 spiro atoms. The number of aromatic nitrogens is 2. The van der Waals surface area contributed by atoms with Crippen molar-refractivity contribution in [2.24, 2.45) is 0 Å². The van der Waals surface area contributed by atoms with Crippen LogP contribution in [0.15, 0.2) is 24.3 Å². The quantitative estimate of drug-likeness (QED) is 0.800. The van der Waals surface area contributed by atoms with Crippen molar-refractivity contribution in [1.82, 2.24) is 9.97 Å². The molecule has 1 aromatic heterocycles. The highest BCUT2D eigenvalue weighted by Gasteiger charge is 2.11. The second-order valence-electron chi connectivity index (χ2n) is 3.41. The fourth-order valence-corrected chi connectivity index (χ4v) is 1.56. The third-order valence-electron chi connectivity index (χ3n) is 2.40. The molecule has 4 nitrogen and oxygen atoms in total. The van der Waals surface area contributed by atoms with Gasteiger partial charge < -0.3 is 9.72 Å². The first-order valence-electron chi connectivity index (χ1n) is 4.91. The SMILES string of the molecule is COc1ccccc1-c1nc(C=O)c(C)[nH]1. The standard InChI is InChI=1S/C12H12N2O2/c1-8-10(7-15)14-12(13-8)9-5-3-4-6-11(9)16-2/h3-7H,1-2H3,(H,13,14). The number of aryl methyl sites for hydroxylation is 1. The van der Waals surface area contributed by atoms with E-state index in [1.54, 1.807) is 7.11 Å². The normalized spacial score (nSPS) is 10.1. The van der Waals surface area contributed by atoms with Crippen LogP contribution in [0.5, 0.6) is 5.75 Å². The van der Waals surface area contributed by atoms with Gasteiger partial charge in [-0.2, -0.15) is 0 Å². The van der Waals surface area contributed by atoms with Crippen LogP contribution in [-0.4, -0.2) is 23.4 Å². The Morgan fingerprint density at radius 3 is 2.75 bits per heavy atom. The Morgan fingerprint density at radius 2 is 2.12 bits per heavy atom. The number of hydrogen-bond acceptors (Lipinski definition) is 3. The summed E-state index contributed by atoms with van der Waals surface area (Å²) < 4.78 is 5.23. The number of imidazole rings is 1. The number of aldehydes is 1. The molecular weight excluding hydrogens is 204 g/mol. The summed E-state index contributed by atoms with van der Waals surface area (Å²) in [5, 5.41) is 0. The summed E-state index contributed by atoms with van der Waals surface area (Å²) in [5.41, 5.74) is 2.04. The minimum Gasteiger partial charge on any atom is -0.496 e. The lowest BCUT2D eigenvalue weighted by Crippen LogP contribution is -1.88. The van der Waals surface area contributed by atoms with Crippen molar-refractivity contribution in [2.75, 3.05) is 7.11 Å². The van der Waals surface area contributed by atoms with Crippen molar-refractivity contribution in [1.29, 1.82) is 0 Å². The fourth-order valence-electron chi connectivity index (χ4n) is 1.56. The van der Waals surface area contributed by atoms with E-state index in [0.717, 1.165) is 23.3 Å². The smallest absolute Gasteiger partial charge is 0.170 e. The van der Waals surface area contributed by atoms with Crippen molar-refractivity contribution in [3.63, 3.8) is 0 Å². The monoisotopic (exact) mass is 216 g/mol. The van der Waals surface area contributed by atoms with Crippen LogP contribution in [-0.2, 0) is 0 Å². The second kappa shape index (κ2) is 4.18. The van der Waals surface area contributed by atoms with E-state index in [9.17, 15) is 4.79 Å². The highest BCUT2D eigenvalue weighted by molar-refractivity contribution is 5.76. The van der Waals surface area contributed by atoms with Gasteiger partial charge in [-0.05, 0) is 19.1 Å². The summed E-state index contributed by atoms with van der Waals surface area (Å²) in [4.78, 5) is 18.0. The maximum Gasteiger partial charge on any atom is 0.170 e. The molecule has 0 aliphatic rings. The summed E-state index contributed by atoms with van der Waals surface area (Å²) in [6.07, 6.45) is 0.741. The number of rotatable bonds is 3. The molecular formula is C12H12N2O2. The summed E-state index contributed by atoms with van der Waals surface area (Å²) in [6, 6.07) is 7.54. The Kier molecular flexibility index (Phi) is 2.72. The third-order valence-corrected chi connectivity index (χ3v) is 2.40. The van der Waals surface area contributed by atoms with Gasteiger partial charge in [-0.25, -0.2) is 4.98 Å². The fraction of sp³-hybridized carbons (Fsp3) is 0.167. The van der Waals surface area contributed by atoms with Crippen molar-refractivity contribution in [2.45, 2.75) is 6.92 Å². The Bertz CT molecular complexity index is 517. The van der Waals surface area contributed by atoms with E-state index >= 15 is 0 Å². The molecule has 0 aliphatic heterocycles. The van der Waals surface area contributed by atoms with Crippen molar-refractivity contribution in [3.05, 3.63) is 35.7 Å². The molecule has 0 saturated carbocycles. The molecule has 2 rings (SSSR count). The summed E-state index contributed by atoms with van der Waals surface area (Å²) in [5.74, 6) is 1.38. The number of para-hydroxylation sites is 1. The average Bonchev–Trinajstić information content (AvgIpc) is 2.70. The summed E-state index contributed by atoms with van der Waals surface area (Å²) >= 11 is 0. The molecule has 0 radical (unpaired) electrons. The van der Waals surface area contributed by atoms with E-state index in [2.05, 4.69) is 9.97 Å². The zero-order valence-electron chi connectivity index (χ0n) is 9.15. The van der Waals surface area contributed by atoms with Crippen molar-refractivity contribution >= 4 is 6.29 Å². The number of carbonyl (C=O) groups is 1. The molecule has 82 valence electrons. The number of ether oxygens (including phenoxy) is 1. The highest BCUT2D eigenvalue weighted by atomic mass is 16.5. The number of aromatic amines is 1. The van der Waals surface area contributed by atoms with Crippen molar-refractivity contribution < 1.29 is 9.53 Å². The van der Waals surface area contributed by atoms with Crippen LogP contribution >= 0.6 is 0 Å². The van der Waals surface area contributed by atoms with Crippen LogP contribution in [0.4, 0.5) is 0 Å². The molecule has 0 aliphatic carbocycles. The number of nitrogens with one attached hydrogen (secondary N) is 1. The van der Waals surface area contributed by atoms with Crippen LogP contribution in [0.3, 0.4) is 0 Å². The first kappa shape index (κ1) is 10.4. The molecule has 0 unspecified atom stereocenters. The molecule has 1 heterocycles. The molecule has 1 aromatic carbocycles. The maximum atomic E-state index is 10.7. The van der Waals surface area contributed by atoms with E-state index in [1.165, 1.54) is 0 Å². The molecule has 2 aromatic rings. The molecule has 16 heavy (non-hydrogen) atoms. The van der Waals surface area contributed by atoms with Crippen molar-refractivity contribution in [3.8, 4) is 17.1 Å². The molecule has 4 heteroatoms. The molecule has 0 fully saturated rings. The van der Waals surface area contributed by atoms with Crippen LogP contribution in [0.1, 0.15) is 16.2 Å². The Labute approximate surface area is 93.3 Å². The van der Waals surface area contributed by atoms with Gasteiger partial charge in [0, 0.05) is 5.69 Å². The first-order chi connectivity index (χ1) is 7.76. The molecule has 0 bridgehead atoms. The van der Waals surface area contributed by atoms with E-state index in [-0.39, 0.29) is 0 Å². The first-order valence-corrected chi connectivity index (χ1v) is 4.91. The van der Waals surface area contributed by atoms with Gasteiger partial charge in [0.2, 0.25) is 0 Å². The van der Waals surface area contributed by atoms with Crippen LogP contribution in [0.2, 0.25) is 0 Å². The molecule has 0 atom stereocenters. The molecule has 1 N–H and O–H groups in total. The lowest BCUT2D eigenvalue weighted by molar-refractivity contribution is 0.111. The van der Waals surface area contributed by atoms with Crippen LogP contribution < -0.4 is 4.74 Å². The lowest BCUT2D eigenvalue weighted by Gasteiger charge is -2.04. The number of nitrogens with zero attached hydrogens (tertiary/aromatic N) is 1. The number of carbonyl (C=O) groups excluding carboxylic acids is 1. The minimum absolute atomic E-state index is 0.431. The highest BCUT2D eigenvalue weighted by Crippen LogP contribution is 2.27. The predicted molar refractivity (Wildman–Crippen MR) is 60.7 cm³/mol. The largest absolute Gasteiger partial charge is 0.496 e. The Hall–Kier alpha value is -2.10. The van der Waals surface area contributed by atoms with E-state index in [0.29, 0.717) is 11.5 Å². The zero-order chi connectivity index (χ0) is 11.5. The predicted octanol–water partition coefficient (Wildman–Crippen LogP) is 2.21. The summed E-state index contributed by atoms with van der Waals surface area (Å²) in [6.45, 7) is 1.82. The van der Waals surface area contributed by atoms with Gasteiger partial charge in [0.1, 0.15) is 17.3 Å². The summed E-state index contributed by atoms with van der Waals surface area (Å²) in [7, 11) is 1.61. The number of H-pyrrole nitrogens is 1. The molecule has 0 saturated heterocycles. The Balaban J connectivity index is 2.53. The van der Waals surface area contributed by atoms with Gasteiger partial charge in [0.25, 0.3) is 0 Å². The number of benzene rings is 1. The minimum atomic E-state index is 0.431. The van der Waals surface area contributed by atoms with E-state index in [1.807, 2.05) is 31.2 Å². The van der Waals surface area contributed by atoms with Crippen LogP contribution in [0, 0.1) is 6.92 Å². The topological polar surface area (TPSA) is 55.0 Å². The Morgan fingerprint density at radius 1 is 1.38 bits per heavy atom.